The summed E-state index contributed by atoms with van der Waals surface area (Å²) in [5, 5.41) is 39.9. The number of rotatable bonds is 8. The molecular weight excluding hydrogens is 356 g/mol. The van der Waals surface area contributed by atoms with Crippen molar-refractivity contribution < 1.29 is 39.6 Å². The van der Waals surface area contributed by atoms with E-state index >= 15 is 0 Å². The van der Waals surface area contributed by atoms with Gasteiger partial charge >= 0.3 is 23.9 Å². The van der Waals surface area contributed by atoms with Crippen LogP contribution in [0.1, 0.15) is 47.0 Å². The quantitative estimate of drug-likeness (QED) is 0.466. The molecule has 0 amide bonds. The molecule has 152 valence electrons. The minimum Gasteiger partial charge on any atom is -0.480 e. The molecule has 0 aromatic heterocycles. The Morgan fingerprint density at radius 2 is 0.926 bits per heavy atom. The maximum Gasteiger partial charge on any atom is 0.321 e. The molecule has 0 radical (unpaired) electrons. The Balaban J connectivity index is 2.81. The van der Waals surface area contributed by atoms with E-state index in [2.05, 4.69) is 0 Å². The van der Waals surface area contributed by atoms with E-state index in [0.29, 0.717) is 19.3 Å². The fraction of sp³-hybridized carbons (Fsp3) is 0.789. The Labute approximate surface area is 157 Å². The van der Waals surface area contributed by atoms with E-state index < -0.39 is 58.4 Å². The molecule has 8 heteroatoms. The van der Waals surface area contributed by atoms with Crippen LogP contribution in [0.4, 0.5) is 0 Å². The summed E-state index contributed by atoms with van der Waals surface area (Å²) >= 11 is 0. The van der Waals surface area contributed by atoms with Crippen LogP contribution in [0.15, 0.2) is 0 Å². The van der Waals surface area contributed by atoms with Crippen molar-refractivity contribution in [2.45, 2.75) is 47.0 Å². The number of carboxylic acids is 4. The first-order valence-electron chi connectivity index (χ1n) is 9.31. The van der Waals surface area contributed by atoms with Crippen molar-refractivity contribution in [2.24, 2.45) is 46.3 Å². The van der Waals surface area contributed by atoms with Crippen LogP contribution in [0.25, 0.3) is 0 Å². The van der Waals surface area contributed by atoms with E-state index in [4.69, 9.17) is 0 Å². The molecule has 0 saturated heterocycles. The molecule has 2 aliphatic rings. The van der Waals surface area contributed by atoms with E-state index in [-0.39, 0.29) is 11.8 Å². The molecule has 2 rings (SSSR count). The molecule has 4 N–H and O–H groups in total. The van der Waals surface area contributed by atoms with Gasteiger partial charge in [-0.15, -0.1) is 0 Å². The molecule has 0 aliphatic heterocycles. The molecule has 2 fully saturated rings. The summed E-state index contributed by atoms with van der Waals surface area (Å²) in [6, 6.07) is 0. The summed E-state index contributed by atoms with van der Waals surface area (Å²) in [7, 11) is 0. The third-order valence-corrected chi connectivity index (χ3v) is 7.20. The second kappa shape index (κ2) is 6.80. The molecule has 2 saturated carbocycles. The topological polar surface area (TPSA) is 149 Å². The van der Waals surface area contributed by atoms with Gasteiger partial charge in [-0.25, -0.2) is 0 Å². The molecule has 2 aliphatic carbocycles. The molecule has 0 aromatic carbocycles. The summed E-state index contributed by atoms with van der Waals surface area (Å²) in [5.74, 6) is -10.5. The Bertz CT molecular complexity index is 581. The summed E-state index contributed by atoms with van der Waals surface area (Å²) in [4.78, 5) is 49.1. The highest BCUT2D eigenvalue weighted by Gasteiger charge is 2.72. The van der Waals surface area contributed by atoms with Gasteiger partial charge in [0, 0.05) is 0 Å². The van der Waals surface area contributed by atoms with Crippen molar-refractivity contribution in [1.29, 1.82) is 0 Å². The van der Waals surface area contributed by atoms with Gasteiger partial charge in [0.25, 0.3) is 0 Å². The van der Waals surface area contributed by atoms with Gasteiger partial charge in [0.05, 0.1) is 0 Å². The Morgan fingerprint density at radius 3 is 1.11 bits per heavy atom. The molecule has 0 aromatic rings. The van der Waals surface area contributed by atoms with Gasteiger partial charge in [0.1, 0.15) is 0 Å². The Morgan fingerprint density at radius 1 is 0.667 bits per heavy atom. The van der Waals surface area contributed by atoms with E-state index in [1.807, 2.05) is 0 Å². The third kappa shape index (κ3) is 2.56. The van der Waals surface area contributed by atoms with Crippen LogP contribution < -0.4 is 0 Å². The van der Waals surface area contributed by atoms with Gasteiger partial charge < -0.3 is 20.4 Å². The van der Waals surface area contributed by atoms with Gasteiger partial charge in [-0.05, 0) is 54.8 Å². The minimum absolute atomic E-state index is 0.313. The minimum atomic E-state index is -2.23. The van der Waals surface area contributed by atoms with Crippen LogP contribution >= 0.6 is 0 Å². The van der Waals surface area contributed by atoms with Crippen molar-refractivity contribution in [3.05, 3.63) is 0 Å². The van der Waals surface area contributed by atoms with Crippen molar-refractivity contribution in [3.8, 4) is 0 Å². The lowest BCUT2D eigenvalue weighted by molar-refractivity contribution is -0.194. The largest absolute Gasteiger partial charge is 0.480 e. The zero-order valence-corrected chi connectivity index (χ0v) is 16.0. The predicted molar refractivity (Wildman–Crippen MR) is 92.9 cm³/mol. The van der Waals surface area contributed by atoms with Gasteiger partial charge in [-0.1, -0.05) is 27.7 Å². The van der Waals surface area contributed by atoms with Crippen molar-refractivity contribution >= 4 is 23.9 Å². The number of hydrogen-bond donors (Lipinski definition) is 4. The zero-order valence-electron chi connectivity index (χ0n) is 16.0. The van der Waals surface area contributed by atoms with Gasteiger partial charge in [0.15, 0.2) is 10.8 Å². The van der Waals surface area contributed by atoms with Crippen LogP contribution in [-0.2, 0) is 19.2 Å². The number of hydrogen-bond acceptors (Lipinski definition) is 4. The van der Waals surface area contributed by atoms with Gasteiger partial charge in [0.2, 0.25) is 0 Å². The lowest BCUT2D eigenvalue weighted by Crippen LogP contribution is -2.61. The van der Waals surface area contributed by atoms with Gasteiger partial charge in [-0.3, -0.25) is 19.2 Å². The van der Waals surface area contributed by atoms with Crippen LogP contribution in [0, 0.1) is 46.3 Å². The second-order valence-electron chi connectivity index (χ2n) is 8.65. The first kappa shape index (κ1) is 21.2. The predicted octanol–water partition coefficient (Wildman–Crippen LogP) is 2.27. The molecule has 2 bridgehead atoms. The molecule has 0 heterocycles. The lowest BCUT2D eigenvalue weighted by atomic mass is 9.51. The zero-order chi connectivity index (χ0) is 20.9. The highest BCUT2D eigenvalue weighted by molar-refractivity contribution is 6.01. The van der Waals surface area contributed by atoms with Crippen LogP contribution in [0.3, 0.4) is 0 Å². The van der Waals surface area contributed by atoms with E-state index in [0.717, 1.165) is 0 Å². The van der Waals surface area contributed by atoms with Crippen molar-refractivity contribution in [3.63, 3.8) is 0 Å². The standard InChI is InChI=1S/C19H28O8/c1-8(2)18(14(20)21,15(22)23)12-10-5-6-11(7-10)13(12)19(9(3)4,16(24)25)17(26)27/h8-13H,5-7H2,1-4H3,(H,20,21)(H,22,23)(H,24,25)(H,26,27). The summed E-state index contributed by atoms with van der Waals surface area (Å²) < 4.78 is 0. The first-order valence-corrected chi connectivity index (χ1v) is 9.31. The highest BCUT2D eigenvalue weighted by Crippen LogP contribution is 2.66. The Kier molecular flexibility index (Phi) is 5.33. The monoisotopic (exact) mass is 384 g/mol. The number of carboxylic acid groups (broad SMARTS) is 4. The van der Waals surface area contributed by atoms with E-state index in [1.54, 1.807) is 0 Å². The average Bonchev–Trinajstić information content (AvgIpc) is 3.09. The summed E-state index contributed by atoms with van der Waals surface area (Å²) in [6.45, 7) is 5.96. The summed E-state index contributed by atoms with van der Waals surface area (Å²) in [6.07, 6.45) is 1.65. The lowest BCUT2D eigenvalue weighted by Gasteiger charge is -2.49. The fourth-order valence-corrected chi connectivity index (χ4v) is 6.11. The SMILES string of the molecule is CC(C)C(C(=O)O)(C(=O)O)C1C2CCC(C2)C1C(C(=O)O)(C(=O)O)C(C)C. The third-order valence-electron chi connectivity index (χ3n) is 7.20. The van der Waals surface area contributed by atoms with E-state index in [9.17, 15) is 39.6 Å². The van der Waals surface area contributed by atoms with E-state index in [1.165, 1.54) is 27.7 Å². The molecule has 27 heavy (non-hydrogen) atoms. The van der Waals surface area contributed by atoms with Gasteiger partial charge in [-0.2, -0.15) is 0 Å². The first-order chi connectivity index (χ1) is 12.4. The number of aliphatic carboxylic acids is 4. The molecule has 0 spiro atoms. The van der Waals surface area contributed by atoms with Crippen molar-refractivity contribution in [1.82, 2.24) is 0 Å². The second-order valence-corrected chi connectivity index (χ2v) is 8.65. The van der Waals surface area contributed by atoms with Crippen LogP contribution in [0.2, 0.25) is 0 Å². The van der Waals surface area contributed by atoms with Crippen molar-refractivity contribution in [2.75, 3.05) is 0 Å². The maximum absolute atomic E-state index is 12.3. The number of fused-ring (bicyclic) bond motifs is 2. The summed E-state index contributed by atoms with van der Waals surface area (Å²) in [5.41, 5.74) is -4.45. The highest BCUT2D eigenvalue weighted by atomic mass is 16.4. The fourth-order valence-electron chi connectivity index (χ4n) is 6.11. The number of carbonyl (C=O) groups is 4. The smallest absolute Gasteiger partial charge is 0.321 e. The molecule has 8 nitrogen and oxygen atoms in total. The Hall–Kier alpha value is -2.12. The average molecular weight is 384 g/mol. The maximum atomic E-state index is 12.3. The van der Waals surface area contributed by atoms with Crippen LogP contribution in [-0.4, -0.2) is 44.3 Å². The molecule has 4 unspecified atom stereocenters. The molecule has 4 atom stereocenters. The van der Waals surface area contributed by atoms with Crippen LogP contribution in [0.5, 0.6) is 0 Å². The molecular formula is C19H28O8. The normalized spacial score (nSPS) is 27.9.